The fourth-order valence-corrected chi connectivity index (χ4v) is 4.69. The van der Waals surface area contributed by atoms with E-state index >= 15 is 0 Å². The van der Waals surface area contributed by atoms with Gasteiger partial charge in [0.05, 0.1) is 10.7 Å². The molecule has 0 unspecified atom stereocenters. The van der Waals surface area contributed by atoms with Gasteiger partial charge in [0, 0.05) is 6.54 Å². The average Bonchev–Trinajstić information content (AvgIpc) is 2.99. The molecule has 148 valence electrons. The lowest BCUT2D eigenvalue weighted by Gasteiger charge is -2.17. The summed E-state index contributed by atoms with van der Waals surface area (Å²) in [6.45, 7) is 2.87. The van der Waals surface area contributed by atoms with Crippen molar-refractivity contribution in [3.05, 3.63) is 69.8 Å². The van der Waals surface area contributed by atoms with Crippen molar-refractivity contribution in [1.29, 1.82) is 0 Å². The van der Waals surface area contributed by atoms with Gasteiger partial charge < -0.3 is 10.6 Å². The molecule has 1 saturated carbocycles. The lowest BCUT2D eigenvalue weighted by molar-refractivity contribution is 0.420. The number of halogens is 1. The second kappa shape index (κ2) is 9.62. The smallest absolute Gasteiger partial charge is 0.0640 e. The highest BCUT2D eigenvalue weighted by Crippen LogP contribution is 2.31. The van der Waals surface area contributed by atoms with E-state index in [0.29, 0.717) is 0 Å². The van der Waals surface area contributed by atoms with Crippen molar-refractivity contribution in [2.45, 2.75) is 51.5 Å². The quantitative estimate of drug-likeness (QED) is 0.627. The Morgan fingerprint density at radius 2 is 1.75 bits per heavy atom. The van der Waals surface area contributed by atoms with Gasteiger partial charge in [-0.3, -0.25) is 0 Å². The first-order chi connectivity index (χ1) is 13.8. The lowest BCUT2D eigenvalue weighted by Crippen LogP contribution is -2.16. The Bertz CT molecular complexity index is 804. The first kappa shape index (κ1) is 19.5. The molecule has 0 spiro atoms. The monoisotopic (exact) mass is 394 g/mol. The number of hydrogen-bond donors (Lipinski definition) is 2. The number of rotatable bonds is 5. The highest BCUT2D eigenvalue weighted by molar-refractivity contribution is 6.33. The Hall–Kier alpha value is -1.77. The maximum Gasteiger partial charge on any atom is 0.0640 e. The van der Waals surface area contributed by atoms with Crippen LogP contribution in [0.2, 0.25) is 5.02 Å². The summed E-state index contributed by atoms with van der Waals surface area (Å²) in [5.41, 5.74) is 6.50. The minimum Gasteiger partial charge on any atom is -0.380 e. The molecule has 0 saturated heterocycles. The van der Waals surface area contributed by atoms with E-state index in [9.17, 15) is 0 Å². The van der Waals surface area contributed by atoms with E-state index in [-0.39, 0.29) is 0 Å². The van der Waals surface area contributed by atoms with Gasteiger partial charge in [0.2, 0.25) is 0 Å². The molecule has 1 aliphatic heterocycles. The van der Waals surface area contributed by atoms with E-state index in [1.54, 1.807) is 0 Å². The Kier molecular flexibility index (Phi) is 6.72. The van der Waals surface area contributed by atoms with Gasteiger partial charge in [0.1, 0.15) is 0 Å². The van der Waals surface area contributed by atoms with Crippen molar-refractivity contribution < 1.29 is 0 Å². The highest BCUT2D eigenvalue weighted by Gasteiger charge is 2.14. The zero-order chi connectivity index (χ0) is 19.2. The Morgan fingerprint density at radius 3 is 2.57 bits per heavy atom. The summed E-state index contributed by atoms with van der Waals surface area (Å²) in [6, 6.07) is 13.1. The summed E-state index contributed by atoms with van der Waals surface area (Å²) in [5, 5.41) is 7.92. The van der Waals surface area contributed by atoms with Crippen molar-refractivity contribution in [3.8, 4) is 0 Å². The molecule has 0 atom stereocenters. The Balaban J connectivity index is 1.39. The fraction of sp³-hybridized carbons (Fsp3) is 0.440. The predicted octanol–water partition coefficient (Wildman–Crippen LogP) is 6.23. The summed E-state index contributed by atoms with van der Waals surface area (Å²) in [4.78, 5) is 0. The predicted molar refractivity (Wildman–Crippen MR) is 121 cm³/mol. The molecule has 0 radical (unpaired) electrons. The van der Waals surface area contributed by atoms with Crippen molar-refractivity contribution in [3.63, 3.8) is 0 Å². The van der Waals surface area contributed by atoms with Crippen molar-refractivity contribution in [2.75, 3.05) is 18.4 Å². The number of anilines is 1. The molecular formula is C25H31ClN2. The van der Waals surface area contributed by atoms with Crippen molar-refractivity contribution in [2.24, 2.45) is 5.92 Å². The summed E-state index contributed by atoms with van der Waals surface area (Å²) in [7, 11) is 0. The molecule has 1 heterocycles. The Labute approximate surface area is 174 Å². The standard InChI is InChI=1S/C25H31ClN2/c26-24-13-12-22-14-16-27-17-15-23(22)25(24)28-18-21-10-8-20(9-11-21)7-6-19-4-2-1-3-5-19/h6-13,19,27-28H,1-5,14-18H2/b7-6-. The average molecular weight is 395 g/mol. The molecule has 1 fully saturated rings. The Morgan fingerprint density at radius 1 is 0.964 bits per heavy atom. The van der Waals surface area contributed by atoms with E-state index in [0.717, 1.165) is 49.1 Å². The molecule has 4 rings (SSSR count). The van der Waals surface area contributed by atoms with Crippen LogP contribution >= 0.6 is 11.6 Å². The number of benzene rings is 2. The van der Waals surface area contributed by atoms with Crippen LogP contribution in [0, 0.1) is 5.92 Å². The van der Waals surface area contributed by atoms with Crippen LogP contribution in [0.5, 0.6) is 0 Å². The van der Waals surface area contributed by atoms with Gasteiger partial charge in [0.15, 0.2) is 0 Å². The maximum atomic E-state index is 6.53. The number of allylic oxidation sites excluding steroid dienone is 1. The zero-order valence-electron chi connectivity index (χ0n) is 16.6. The number of hydrogen-bond acceptors (Lipinski definition) is 2. The molecule has 2 aromatic rings. The normalized spacial score (nSPS) is 18.0. The molecule has 2 nitrogen and oxygen atoms in total. The van der Waals surface area contributed by atoms with Crippen LogP contribution in [-0.2, 0) is 19.4 Å². The van der Waals surface area contributed by atoms with Crippen LogP contribution in [-0.4, -0.2) is 13.1 Å². The van der Waals surface area contributed by atoms with Gasteiger partial charge >= 0.3 is 0 Å². The molecule has 2 aromatic carbocycles. The third kappa shape index (κ3) is 4.98. The maximum absolute atomic E-state index is 6.53. The van der Waals surface area contributed by atoms with Crippen LogP contribution < -0.4 is 10.6 Å². The summed E-state index contributed by atoms with van der Waals surface area (Å²) in [5.74, 6) is 0.778. The van der Waals surface area contributed by atoms with E-state index < -0.39 is 0 Å². The SMILES string of the molecule is Clc1ccc2c(c1NCc1ccc(/C=C\C3CCCCC3)cc1)CCNCC2. The second-order valence-electron chi connectivity index (χ2n) is 8.16. The van der Waals surface area contributed by atoms with E-state index in [4.69, 9.17) is 11.6 Å². The molecule has 28 heavy (non-hydrogen) atoms. The molecule has 3 heteroatoms. The van der Waals surface area contributed by atoms with Gasteiger partial charge in [-0.1, -0.05) is 73.3 Å². The van der Waals surface area contributed by atoms with Gasteiger partial charge in [0.25, 0.3) is 0 Å². The molecule has 0 amide bonds. The van der Waals surface area contributed by atoms with Gasteiger partial charge in [-0.2, -0.15) is 0 Å². The van der Waals surface area contributed by atoms with Crippen molar-refractivity contribution >= 4 is 23.4 Å². The fourth-order valence-electron chi connectivity index (χ4n) is 4.45. The molecule has 0 aromatic heterocycles. The zero-order valence-corrected chi connectivity index (χ0v) is 17.4. The molecule has 1 aliphatic carbocycles. The second-order valence-corrected chi connectivity index (χ2v) is 8.57. The van der Waals surface area contributed by atoms with Crippen LogP contribution in [0.3, 0.4) is 0 Å². The molecule has 2 aliphatic rings. The third-order valence-electron chi connectivity index (χ3n) is 6.14. The van der Waals surface area contributed by atoms with Crippen LogP contribution in [0.25, 0.3) is 6.08 Å². The lowest BCUT2D eigenvalue weighted by atomic mass is 9.89. The minimum absolute atomic E-state index is 0.778. The number of nitrogens with one attached hydrogen (secondary N) is 2. The highest BCUT2D eigenvalue weighted by atomic mass is 35.5. The third-order valence-corrected chi connectivity index (χ3v) is 6.46. The van der Waals surface area contributed by atoms with E-state index in [1.807, 2.05) is 6.07 Å². The van der Waals surface area contributed by atoms with Gasteiger partial charge in [-0.25, -0.2) is 0 Å². The first-order valence-electron chi connectivity index (χ1n) is 10.8. The largest absolute Gasteiger partial charge is 0.380 e. The minimum atomic E-state index is 0.778. The van der Waals surface area contributed by atoms with Gasteiger partial charge in [-0.15, -0.1) is 0 Å². The summed E-state index contributed by atoms with van der Waals surface area (Å²) >= 11 is 6.53. The van der Waals surface area contributed by atoms with Crippen molar-refractivity contribution in [1.82, 2.24) is 5.32 Å². The van der Waals surface area contributed by atoms with Gasteiger partial charge in [-0.05, 0) is 73.0 Å². The molecule has 0 bridgehead atoms. The van der Waals surface area contributed by atoms with Crippen LogP contribution in [0.15, 0.2) is 42.5 Å². The molecule has 2 N–H and O–H groups in total. The van der Waals surface area contributed by atoms with Crippen LogP contribution in [0.4, 0.5) is 5.69 Å². The number of fused-ring (bicyclic) bond motifs is 1. The summed E-state index contributed by atoms with van der Waals surface area (Å²) in [6.07, 6.45) is 13.7. The van der Waals surface area contributed by atoms with E-state index in [2.05, 4.69) is 53.1 Å². The van der Waals surface area contributed by atoms with E-state index in [1.165, 1.54) is 54.4 Å². The topological polar surface area (TPSA) is 24.1 Å². The van der Waals surface area contributed by atoms with Crippen LogP contribution in [0.1, 0.15) is 54.4 Å². The molecular weight excluding hydrogens is 364 g/mol. The summed E-state index contributed by atoms with van der Waals surface area (Å²) < 4.78 is 0. The first-order valence-corrected chi connectivity index (χ1v) is 11.2.